The van der Waals surface area contributed by atoms with E-state index in [4.69, 9.17) is 11.5 Å². The van der Waals surface area contributed by atoms with Gasteiger partial charge in [-0.3, -0.25) is 0 Å². The van der Waals surface area contributed by atoms with Gasteiger partial charge in [0.05, 0.1) is 0 Å². The number of nitrogens with two attached hydrogens (primary N) is 2. The lowest BCUT2D eigenvalue weighted by Gasteiger charge is -2.12. The summed E-state index contributed by atoms with van der Waals surface area (Å²) in [6.07, 6.45) is 0.921. The molecule has 3 aromatic carbocycles. The third kappa shape index (κ3) is 1.39. The van der Waals surface area contributed by atoms with Crippen molar-refractivity contribution >= 4 is 22.1 Å². The summed E-state index contributed by atoms with van der Waals surface area (Å²) in [6.45, 7) is 2.15. The molecule has 0 radical (unpaired) electrons. The van der Waals surface area contributed by atoms with Gasteiger partial charge in [-0.15, -0.1) is 0 Å². The molecule has 3 aromatic rings. The number of nitrogen functional groups attached to an aromatic ring is 2. The molecule has 0 heterocycles. The zero-order valence-electron chi connectivity index (χ0n) is 11.4. The van der Waals surface area contributed by atoms with E-state index in [2.05, 4.69) is 43.3 Å². The minimum absolute atomic E-state index is 0.825. The third-order valence-electron chi connectivity index (χ3n) is 4.26. The lowest BCUT2D eigenvalue weighted by molar-refractivity contribution is 1.27. The molecule has 0 saturated carbocycles. The van der Waals surface area contributed by atoms with Crippen molar-refractivity contribution in [3.8, 4) is 11.1 Å². The Morgan fingerprint density at radius 3 is 2.65 bits per heavy atom. The first-order valence-electron chi connectivity index (χ1n) is 6.84. The molecule has 0 fully saturated rings. The lowest BCUT2D eigenvalue weighted by Crippen LogP contribution is -1.93. The van der Waals surface area contributed by atoms with Crippen LogP contribution in [-0.4, -0.2) is 0 Å². The van der Waals surface area contributed by atoms with E-state index in [1.807, 2.05) is 6.07 Å². The number of hydrogen-bond donors (Lipinski definition) is 2. The Hall–Kier alpha value is -2.48. The summed E-state index contributed by atoms with van der Waals surface area (Å²) in [5.74, 6) is 0. The highest BCUT2D eigenvalue weighted by molar-refractivity contribution is 6.08. The van der Waals surface area contributed by atoms with Crippen molar-refractivity contribution in [2.24, 2.45) is 0 Å². The average Bonchev–Trinajstić information content (AvgIpc) is 2.76. The normalized spacial score (nSPS) is 12.4. The van der Waals surface area contributed by atoms with Crippen LogP contribution >= 0.6 is 0 Å². The maximum atomic E-state index is 6.24. The zero-order chi connectivity index (χ0) is 13.9. The summed E-state index contributed by atoms with van der Waals surface area (Å²) < 4.78 is 0. The third-order valence-corrected chi connectivity index (χ3v) is 4.26. The van der Waals surface area contributed by atoms with Crippen molar-refractivity contribution in [3.63, 3.8) is 0 Å². The van der Waals surface area contributed by atoms with Crippen molar-refractivity contribution in [1.29, 1.82) is 0 Å². The van der Waals surface area contributed by atoms with Gasteiger partial charge in [0.2, 0.25) is 0 Å². The number of fused-ring (bicyclic) bond motifs is 5. The number of anilines is 2. The highest BCUT2D eigenvalue weighted by Crippen LogP contribution is 2.44. The number of hydrogen-bond acceptors (Lipinski definition) is 2. The molecule has 4 rings (SSSR count). The molecule has 20 heavy (non-hydrogen) atoms. The van der Waals surface area contributed by atoms with Gasteiger partial charge in [-0.25, -0.2) is 0 Å². The van der Waals surface area contributed by atoms with Crippen LogP contribution in [0.5, 0.6) is 0 Å². The van der Waals surface area contributed by atoms with E-state index in [0.29, 0.717) is 0 Å². The van der Waals surface area contributed by atoms with Crippen molar-refractivity contribution in [1.82, 2.24) is 0 Å². The quantitative estimate of drug-likeness (QED) is 0.471. The van der Waals surface area contributed by atoms with Gasteiger partial charge in [0, 0.05) is 16.8 Å². The average molecular weight is 260 g/mol. The predicted octanol–water partition coefficient (Wildman–Crippen LogP) is 3.88. The Morgan fingerprint density at radius 2 is 1.80 bits per heavy atom. The molecule has 0 spiro atoms. The summed E-state index contributed by atoms with van der Waals surface area (Å²) in [6, 6.07) is 14.6. The number of aryl methyl sites for hydroxylation is 1. The molecule has 2 nitrogen and oxygen atoms in total. The van der Waals surface area contributed by atoms with Gasteiger partial charge in [0.25, 0.3) is 0 Å². The Kier molecular flexibility index (Phi) is 2.14. The van der Waals surface area contributed by atoms with Crippen molar-refractivity contribution in [2.75, 3.05) is 11.5 Å². The van der Waals surface area contributed by atoms with Gasteiger partial charge in [-0.05, 0) is 64.7 Å². The largest absolute Gasteiger partial charge is 0.399 e. The molecule has 1 aliphatic rings. The second kappa shape index (κ2) is 3.76. The predicted molar refractivity (Wildman–Crippen MR) is 85.8 cm³/mol. The van der Waals surface area contributed by atoms with Gasteiger partial charge in [-0.2, -0.15) is 0 Å². The van der Waals surface area contributed by atoms with Crippen molar-refractivity contribution in [2.45, 2.75) is 13.3 Å². The lowest BCUT2D eigenvalue weighted by atomic mass is 9.93. The van der Waals surface area contributed by atoms with Gasteiger partial charge in [0.1, 0.15) is 0 Å². The van der Waals surface area contributed by atoms with E-state index in [1.165, 1.54) is 33.2 Å². The highest BCUT2D eigenvalue weighted by atomic mass is 14.6. The fourth-order valence-corrected chi connectivity index (χ4v) is 3.39. The fraction of sp³-hybridized carbons (Fsp3) is 0.111. The summed E-state index contributed by atoms with van der Waals surface area (Å²) >= 11 is 0. The molecule has 0 amide bonds. The monoisotopic (exact) mass is 260 g/mol. The van der Waals surface area contributed by atoms with Crippen LogP contribution in [0.4, 0.5) is 11.4 Å². The van der Waals surface area contributed by atoms with Crippen LogP contribution in [0.2, 0.25) is 0 Å². The molecular formula is C18H16N2. The maximum Gasteiger partial charge on any atom is 0.0397 e. The summed E-state index contributed by atoms with van der Waals surface area (Å²) in [7, 11) is 0. The molecule has 1 aliphatic carbocycles. The highest BCUT2D eigenvalue weighted by Gasteiger charge is 2.22. The first-order valence-corrected chi connectivity index (χ1v) is 6.84. The van der Waals surface area contributed by atoms with Crippen LogP contribution in [0.3, 0.4) is 0 Å². The first kappa shape index (κ1) is 11.4. The molecule has 0 saturated heterocycles. The van der Waals surface area contributed by atoms with E-state index in [-0.39, 0.29) is 0 Å². The van der Waals surface area contributed by atoms with Crippen molar-refractivity contribution < 1.29 is 0 Å². The molecule has 0 unspecified atom stereocenters. The van der Waals surface area contributed by atoms with Gasteiger partial charge in [0.15, 0.2) is 0 Å². The summed E-state index contributed by atoms with van der Waals surface area (Å²) in [5, 5.41) is 2.43. The number of benzene rings is 3. The van der Waals surface area contributed by atoms with Crippen LogP contribution in [0.15, 0.2) is 42.5 Å². The van der Waals surface area contributed by atoms with E-state index in [1.54, 1.807) is 0 Å². The van der Waals surface area contributed by atoms with Gasteiger partial charge < -0.3 is 11.5 Å². The van der Waals surface area contributed by atoms with E-state index in [0.717, 1.165) is 23.2 Å². The first-order chi connectivity index (χ1) is 9.65. The zero-order valence-corrected chi connectivity index (χ0v) is 11.4. The summed E-state index contributed by atoms with van der Waals surface area (Å²) in [4.78, 5) is 0. The van der Waals surface area contributed by atoms with Crippen LogP contribution < -0.4 is 11.5 Å². The van der Waals surface area contributed by atoms with Crippen LogP contribution in [0, 0.1) is 6.92 Å². The van der Waals surface area contributed by atoms with Crippen molar-refractivity contribution in [3.05, 3.63) is 59.2 Å². The molecule has 4 N–H and O–H groups in total. The number of rotatable bonds is 0. The Bertz CT molecular complexity index is 863. The molecule has 0 aromatic heterocycles. The molecule has 0 atom stereocenters. The Morgan fingerprint density at radius 1 is 0.950 bits per heavy atom. The molecular weight excluding hydrogens is 244 g/mol. The minimum atomic E-state index is 0.825. The van der Waals surface area contributed by atoms with E-state index < -0.39 is 0 Å². The topological polar surface area (TPSA) is 52.0 Å². The Balaban J connectivity index is 2.18. The molecule has 0 bridgehead atoms. The van der Waals surface area contributed by atoms with E-state index in [9.17, 15) is 0 Å². The molecule has 98 valence electrons. The molecule has 2 heteroatoms. The standard InChI is InChI=1S/C18H16N2/c1-10-3-2-4-15-16(20)9-12-7-11-8-13(19)5-6-14(11)18(12)17(10)15/h2-6,8-9H,7,19-20H2,1H3. The van der Waals surface area contributed by atoms with Gasteiger partial charge in [-0.1, -0.05) is 24.3 Å². The Labute approximate surface area is 118 Å². The second-order valence-corrected chi connectivity index (χ2v) is 5.59. The smallest absolute Gasteiger partial charge is 0.0397 e. The van der Waals surface area contributed by atoms with Crippen LogP contribution in [0.25, 0.3) is 21.9 Å². The summed E-state index contributed by atoms with van der Waals surface area (Å²) in [5.41, 5.74) is 20.4. The van der Waals surface area contributed by atoms with Crippen LogP contribution in [0.1, 0.15) is 16.7 Å². The van der Waals surface area contributed by atoms with Crippen LogP contribution in [-0.2, 0) is 6.42 Å². The molecule has 0 aliphatic heterocycles. The maximum absolute atomic E-state index is 6.24. The minimum Gasteiger partial charge on any atom is -0.399 e. The fourth-order valence-electron chi connectivity index (χ4n) is 3.39. The SMILES string of the molecule is Cc1cccc2c(N)cc3c(c12)-c1ccc(N)cc1C3. The second-order valence-electron chi connectivity index (χ2n) is 5.59. The van der Waals surface area contributed by atoms with E-state index >= 15 is 0 Å². The van der Waals surface area contributed by atoms with Gasteiger partial charge >= 0.3 is 0 Å².